The lowest BCUT2D eigenvalue weighted by molar-refractivity contribution is -0.113. The zero-order valence-electron chi connectivity index (χ0n) is 9.41. The van der Waals surface area contributed by atoms with Crippen molar-refractivity contribution in [1.82, 2.24) is 0 Å². The molecule has 0 aliphatic heterocycles. The Labute approximate surface area is 95.5 Å². The lowest BCUT2D eigenvalue weighted by Crippen LogP contribution is -2.15. The van der Waals surface area contributed by atoms with E-state index in [1.54, 1.807) is 0 Å². The molecular formula is C12H17NOS. The molecule has 0 saturated heterocycles. The summed E-state index contributed by atoms with van der Waals surface area (Å²) in [7, 11) is 0. The summed E-state index contributed by atoms with van der Waals surface area (Å²) in [6, 6.07) is 7.95. The van der Waals surface area contributed by atoms with Crippen LogP contribution in [0.3, 0.4) is 0 Å². The third-order valence-corrected chi connectivity index (χ3v) is 2.68. The first-order valence-corrected chi connectivity index (χ1v) is 6.42. The van der Waals surface area contributed by atoms with Crippen molar-refractivity contribution in [2.75, 3.05) is 17.3 Å². The van der Waals surface area contributed by atoms with Crippen LogP contribution in [0, 0.1) is 0 Å². The third kappa shape index (κ3) is 3.59. The van der Waals surface area contributed by atoms with Crippen LogP contribution in [0.25, 0.3) is 0 Å². The number of hydrogen-bond donors (Lipinski definition) is 1. The summed E-state index contributed by atoms with van der Waals surface area (Å²) in [5.41, 5.74) is 2.12. The Morgan fingerprint density at radius 1 is 1.40 bits per heavy atom. The van der Waals surface area contributed by atoms with Gasteiger partial charge < -0.3 is 5.32 Å². The van der Waals surface area contributed by atoms with Gasteiger partial charge in [0.15, 0.2) is 0 Å². The zero-order valence-corrected chi connectivity index (χ0v) is 10.2. The molecule has 15 heavy (non-hydrogen) atoms. The fourth-order valence-corrected chi connectivity index (χ4v) is 1.77. The van der Waals surface area contributed by atoms with Crippen molar-refractivity contribution in [3.63, 3.8) is 0 Å². The molecule has 0 aliphatic rings. The fourth-order valence-electron chi connectivity index (χ4n) is 1.43. The summed E-state index contributed by atoms with van der Waals surface area (Å²) in [6.45, 7) is 4.25. The van der Waals surface area contributed by atoms with E-state index in [1.807, 2.05) is 24.5 Å². The van der Waals surface area contributed by atoms with Crippen LogP contribution in [0.15, 0.2) is 24.3 Å². The summed E-state index contributed by atoms with van der Waals surface area (Å²) < 4.78 is 0. The van der Waals surface area contributed by atoms with Crippen LogP contribution < -0.4 is 5.32 Å². The number of carbonyl (C=O) groups excluding carboxylic acids is 1. The second-order valence-electron chi connectivity index (χ2n) is 3.72. The number of rotatable bonds is 4. The summed E-state index contributed by atoms with van der Waals surface area (Å²) in [5.74, 6) is 0.998. The molecule has 1 aromatic carbocycles. The number of hydrogen-bond acceptors (Lipinski definition) is 2. The van der Waals surface area contributed by atoms with Crippen LogP contribution in [0.4, 0.5) is 5.69 Å². The number of carbonyl (C=O) groups is 1. The molecule has 0 spiro atoms. The maximum atomic E-state index is 11.5. The molecule has 0 bridgehead atoms. The lowest BCUT2D eigenvalue weighted by atomic mass is 10.0. The molecule has 0 saturated carbocycles. The van der Waals surface area contributed by atoms with E-state index in [0.29, 0.717) is 11.7 Å². The van der Waals surface area contributed by atoms with Crippen molar-refractivity contribution in [2.45, 2.75) is 19.8 Å². The van der Waals surface area contributed by atoms with Gasteiger partial charge in [-0.1, -0.05) is 32.0 Å². The van der Waals surface area contributed by atoms with Crippen LogP contribution >= 0.6 is 11.8 Å². The summed E-state index contributed by atoms with van der Waals surface area (Å²) in [6.07, 6.45) is 1.92. The van der Waals surface area contributed by atoms with Crippen LogP contribution in [-0.4, -0.2) is 17.9 Å². The minimum Gasteiger partial charge on any atom is -0.325 e. The van der Waals surface area contributed by atoms with Crippen LogP contribution in [-0.2, 0) is 4.79 Å². The van der Waals surface area contributed by atoms with E-state index in [1.165, 1.54) is 17.3 Å². The molecule has 2 nitrogen and oxygen atoms in total. The SMILES string of the molecule is CSCC(=O)Nc1ccccc1C(C)C. The van der Waals surface area contributed by atoms with Gasteiger partial charge in [0.05, 0.1) is 5.75 Å². The molecule has 3 heteroatoms. The van der Waals surface area contributed by atoms with Crippen molar-refractivity contribution in [3.8, 4) is 0 Å². The predicted molar refractivity (Wildman–Crippen MR) is 67.5 cm³/mol. The van der Waals surface area contributed by atoms with Gasteiger partial charge >= 0.3 is 0 Å². The Morgan fingerprint density at radius 2 is 2.07 bits per heavy atom. The predicted octanol–water partition coefficient (Wildman–Crippen LogP) is 3.11. The number of nitrogens with one attached hydrogen (secondary N) is 1. The van der Waals surface area contributed by atoms with Gasteiger partial charge in [-0.05, 0) is 23.8 Å². The Bertz CT molecular complexity index is 336. The Hall–Kier alpha value is -0.960. The smallest absolute Gasteiger partial charge is 0.234 e. The van der Waals surface area contributed by atoms with Gasteiger partial charge in [0.1, 0.15) is 0 Å². The van der Waals surface area contributed by atoms with Gasteiger partial charge in [0.2, 0.25) is 5.91 Å². The van der Waals surface area contributed by atoms with Crippen LogP contribution in [0.5, 0.6) is 0 Å². The molecule has 0 aliphatic carbocycles. The maximum Gasteiger partial charge on any atom is 0.234 e. The van der Waals surface area contributed by atoms with Gasteiger partial charge in [-0.15, -0.1) is 0 Å². The molecule has 0 aromatic heterocycles. The molecule has 0 unspecified atom stereocenters. The van der Waals surface area contributed by atoms with E-state index in [9.17, 15) is 4.79 Å². The molecule has 1 amide bonds. The van der Waals surface area contributed by atoms with E-state index in [4.69, 9.17) is 0 Å². The van der Waals surface area contributed by atoms with E-state index in [2.05, 4.69) is 25.2 Å². The van der Waals surface area contributed by atoms with E-state index < -0.39 is 0 Å². The fraction of sp³-hybridized carbons (Fsp3) is 0.417. The molecule has 1 rings (SSSR count). The lowest BCUT2D eigenvalue weighted by Gasteiger charge is -2.13. The molecular weight excluding hydrogens is 206 g/mol. The molecule has 0 radical (unpaired) electrons. The normalized spacial score (nSPS) is 10.4. The van der Waals surface area contributed by atoms with Crippen molar-refractivity contribution < 1.29 is 4.79 Å². The number of benzene rings is 1. The van der Waals surface area contributed by atoms with Crippen molar-refractivity contribution in [3.05, 3.63) is 29.8 Å². The quantitative estimate of drug-likeness (QED) is 0.849. The van der Waals surface area contributed by atoms with Crippen LogP contribution in [0.2, 0.25) is 0 Å². The van der Waals surface area contributed by atoms with Gasteiger partial charge in [0, 0.05) is 5.69 Å². The summed E-state index contributed by atoms with van der Waals surface area (Å²) in [5, 5.41) is 2.93. The molecule has 1 N–H and O–H groups in total. The minimum absolute atomic E-state index is 0.0654. The summed E-state index contributed by atoms with van der Waals surface area (Å²) in [4.78, 5) is 11.5. The molecule has 0 atom stereocenters. The van der Waals surface area contributed by atoms with Gasteiger partial charge in [0.25, 0.3) is 0 Å². The molecule has 1 aromatic rings. The highest BCUT2D eigenvalue weighted by Gasteiger charge is 2.07. The highest BCUT2D eigenvalue weighted by Crippen LogP contribution is 2.23. The number of amides is 1. The minimum atomic E-state index is 0.0654. The number of anilines is 1. The summed E-state index contributed by atoms with van der Waals surface area (Å²) >= 11 is 1.53. The average Bonchev–Trinajstić information content (AvgIpc) is 2.18. The number of thioether (sulfide) groups is 1. The molecule has 0 heterocycles. The van der Waals surface area contributed by atoms with E-state index in [-0.39, 0.29) is 5.91 Å². The largest absolute Gasteiger partial charge is 0.325 e. The maximum absolute atomic E-state index is 11.5. The average molecular weight is 223 g/mol. The van der Waals surface area contributed by atoms with E-state index in [0.717, 1.165) is 5.69 Å². The van der Waals surface area contributed by atoms with Gasteiger partial charge in [-0.2, -0.15) is 11.8 Å². The van der Waals surface area contributed by atoms with Crippen LogP contribution in [0.1, 0.15) is 25.3 Å². The topological polar surface area (TPSA) is 29.1 Å². The Morgan fingerprint density at radius 3 is 2.67 bits per heavy atom. The highest BCUT2D eigenvalue weighted by molar-refractivity contribution is 7.99. The first kappa shape index (κ1) is 12.1. The Balaban J connectivity index is 2.80. The van der Waals surface area contributed by atoms with E-state index >= 15 is 0 Å². The van der Waals surface area contributed by atoms with Gasteiger partial charge in [-0.25, -0.2) is 0 Å². The monoisotopic (exact) mass is 223 g/mol. The standard InChI is InChI=1S/C12H17NOS/c1-9(2)10-6-4-5-7-11(10)13-12(14)8-15-3/h4-7,9H,8H2,1-3H3,(H,13,14). The zero-order chi connectivity index (χ0) is 11.3. The van der Waals surface area contributed by atoms with Crippen molar-refractivity contribution >= 4 is 23.4 Å². The second-order valence-corrected chi connectivity index (χ2v) is 4.59. The first-order valence-electron chi connectivity index (χ1n) is 5.03. The molecule has 82 valence electrons. The van der Waals surface area contributed by atoms with Crippen molar-refractivity contribution in [2.24, 2.45) is 0 Å². The highest BCUT2D eigenvalue weighted by atomic mass is 32.2. The number of para-hydroxylation sites is 1. The van der Waals surface area contributed by atoms with Crippen molar-refractivity contribution in [1.29, 1.82) is 0 Å². The Kier molecular flexibility index (Phi) is 4.69. The second kappa shape index (κ2) is 5.81. The molecule has 0 fully saturated rings. The first-order chi connectivity index (χ1) is 7.15. The van der Waals surface area contributed by atoms with Gasteiger partial charge in [-0.3, -0.25) is 4.79 Å². The third-order valence-electron chi connectivity index (χ3n) is 2.13.